The summed E-state index contributed by atoms with van der Waals surface area (Å²) in [6.07, 6.45) is 3.18. The van der Waals surface area contributed by atoms with E-state index in [1.807, 2.05) is 24.3 Å². The summed E-state index contributed by atoms with van der Waals surface area (Å²) in [6.45, 7) is 2.64. The van der Waals surface area contributed by atoms with Crippen molar-refractivity contribution in [3.63, 3.8) is 0 Å². The molecule has 0 amide bonds. The smallest absolute Gasteiger partial charge is 0.162 e. The molecule has 2 aromatic carbocycles. The molecule has 0 radical (unpaired) electrons. The van der Waals surface area contributed by atoms with E-state index in [2.05, 4.69) is 34.5 Å². The molecule has 124 valence electrons. The highest BCUT2D eigenvalue weighted by Crippen LogP contribution is 2.29. The SMILES string of the molecule is COc1cccc(CN[C@@H](C)c2ccc(-n3cncn3)cc2)c1O. The molecule has 0 aliphatic rings. The fraction of sp³-hybridized carbons (Fsp3) is 0.222. The third kappa shape index (κ3) is 3.38. The van der Waals surface area contributed by atoms with Crippen molar-refractivity contribution in [3.05, 3.63) is 66.2 Å². The molecule has 24 heavy (non-hydrogen) atoms. The van der Waals surface area contributed by atoms with Gasteiger partial charge in [-0.25, -0.2) is 9.67 Å². The van der Waals surface area contributed by atoms with Crippen molar-refractivity contribution >= 4 is 0 Å². The molecule has 0 aliphatic heterocycles. The number of benzene rings is 2. The van der Waals surface area contributed by atoms with Crippen LogP contribution >= 0.6 is 0 Å². The van der Waals surface area contributed by atoms with Crippen LogP contribution in [-0.4, -0.2) is 27.0 Å². The Bertz CT molecular complexity index is 785. The average Bonchev–Trinajstić information content (AvgIpc) is 3.15. The first kappa shape index (κ1) is 16.0. The molecule has 0 unspecified atom stereocenters. The zero-order valence-corrected chi connectivity index (χ0v) is 13.7. The van der Waals surface area contributed by atoms with E-state index >= 15 is 0 Å². The number of para-hydroxylation sites is 1. The van der Waals surface area contributed by atoms with E-state index in [1.54, 1.807) is 24.2 Å². The van der Waals surface area contributed by atoms with E-state index in [0.717, 1.165) is 16.8 Å². The highest BCUT2D eigenvalue weighted by atomic mass is 16.5. The number of ether oxygens (including phenoxy) is 1. The van der Waals surface area contributed by atoms with Gasteiger partial charge in [0.25, 0.3) is 0 Å². The molecule has 0 saturated heterocycles. The van der Waals surface area contributed by atoms with Gasteiger partial charge in [0.05, 0.1) is 12.8 Å². The fourth-order valence-electron chi connectivity index (χ4n) is 2.51. The quantitative estimate of drug-likeness (QED) is 0.729. The number of rotatable bonds is 6. The maximum Gasteiger partial charge on any atom is 0.162 e. The topological polar surface area (TPSA) is 72.2 Å². The predicted octanol–water partition coefficient (Wildman–Crippen LogP) is 2.83. The normalized spacial score (nSPS) is 12.1. The Morgan fingerprint density at radius 1 is 1.21 bits per heavy atom. The first-order chi connectivity index (χ1) is 11.7. The summed E-state index contributed by atoms with van der Waals surface area (Å²) >= 11 is 0. The lowest BCUT2D eigenvalue weighted by molar-refractivity contribution is 0.369. The minimum absolute atomic E-state index is 0.139. The summed E-state index contributed by atoms with van der Waals surface area (Å²) in [5.74, 6) is 0.667. The Kier molecular flexibility index (Phi) is 4.77. The molecule has 1 heterocycles. The van der Waals surface area contributed by atoms with Gasteiger partial charge in [-0.15, -0.1) is 0 Å². The molecule has 0 aliphatic carbocycles. The summed E-state index contributed by atoms with van der Waals surface area (Å²) < 4.78 is 6.85. The molecule has 0 fully saturated rings. The van der Waals surface area contributed by atoms with Crippen LogP contribution in [-0.2, 0) is 6.54 Å². The van der Waals surface area contributed by atoms with Crippen molar-refractivity contribution in [2.75, 3.05) is 7.11 Å². The number of hydrogen-bond acceptors (Lipinski definition) is 5. The first-order valence-corrected chi connectivity index (χ1v) is 7.72. The lowest BCUT2D eigenvalue weighted by Crippen LogP contribution is -2.18. The third-order valence-electron chi connectivity index (χ3n) is 3.98. The number of phenols is 1. The molecule has 0 spiro atoms. The van der Waals surface area contributed by atoms with E-state index in [9.17, 15) is 5.11 Å². The number of methoxy groups -OCH3 is 1. The largest absolute Gasteiger partial charge is 0.504 e. The molecule has 3 rings (SSSR count). The van der Waals surface area contributed by atoms with Gasteiger partial charge >= 0.3 is 0 Å². The molecule has 6 heteroatoms. The van der Waals surface area contributed by atoms with Crippen LogP contribution in [0.5, 0.6) is 11.5 Å². The Labute approximate surface area is 140 Å². The molecule has 2 N–H and O–H groups in total. The summed E-state index contributed by atoms with van der Waals surface area (Å²) in [6, 6.07) is 13.8. The molecule has 3 aromatic rings. The zero-order chi connectivity index (χ0) is 16.9. The second-order valence-corrected chi connectivity index (χ2v) is 5.50. The van der Waals surface area contributed by atoms with Gasteiger partial charge in [-0.1, -0.05) is 24.3 Å². The van der Waals surface area contributed by atoms with Gasteiger partial charge in [0.1, 0.15) is 12.7 Å². The number of nitrogens with zero attached hydrogens (tertiary/aromatic N) is 3. The number of aromatic nitrogens is 3. The maximum absolute atomic E-state index is 10.1. The second-order valence-electron chi connectivity index (χ2n) is 5.50. The van der Waals surface area contributed by atoms with Crippen LogP contribution in [0.4, 0.5) is 0 Å². The minimum atomic E-state index is 0.139. The summed E-state index contributed by atoms with van der Waals surface area (Å²) in [5, 5.41) is 17.7. The fourth-order valence-corrected chi connectivity index (χ4v) is 2.51. The second kappa shape index (κ2) is 7.14. The summed E-state index contributed by atoms with van der Waals surface area (Å²) in [5.41, 5.74) is 2.93. The molecular formula is C18H20N4O2. The summed E-state index contributed by atoms with van der Waals surface area (Å²) in [4.78, 5) is 3.95. The maximum atomic E-state index is 10.1. The van der Waals surface area contributed by atoms with Gasteiger partial charge in [0.2, 0.25) is 0 Å². The van der Waals surface area contributed by atoms with E-state index in [0.29, 0.717) is 12.3 Å². The van der Waals surface area contributed by atoms with Gasteiger partial charge in [-0.05, 0) is 30.7 Å². The van der Waals surface area contributed by atoms with Crippen molar-refractivity contribution in [3.8, 4) is 17.2 Å². The third-order valence-corrected chi connectivity index (χ3v) is 3.98. The molecular weight excluding hydrogens is 304 g/mol. The van der Waals surface area contributed by atoms with Gasteiger partial charge in [0.15, 0.2) is 11.5 Å². The standard InChI is InChI=1S/C18H20N4O2/c1-13(20-10-15-4-3-5-17(24-2)18(15)23)14-6-8-16(9-7-14)22-12-19-11-21-22/h3-9,11-13,20,23H,10H2,1-2H3/t13-/m0/s1. The average molecular weight is 324 g/mol. The molecule has 0 bridgehead atoms. The van der Waals surface area contributed by atoms with Crippen LogP contribution < -0.4 is 10.1 Å². The highest BCUT2D eigenvalue weighted by Gasteiger charge is 2.10. The monoisotopic (exact) mass is 324 g/mol. The van der Waals surface area contributed by atoms with Crippen molar-refractivity contribution in [1.29, 1.82) is 0 Å². The van der Waals surface area contributed by atoms with E-state index in [4.69, 9.17) is 4.74 Å². The Morgan fingerprint density at radius 2 is 2.00 bits per heavy atom. The van der Waals surface area contributed by atoms with Crippen LogP contribution in [0.3, 0.4) is 0 Å². The van der Waals surface area contributed by atoms with Crippen molar-refractivity contribution in [1.82, 2.24) is 20.1 Å². The van der Waals surface area contributed by atoms with Crippen LogP contribution in [0, 0.1) is 0 Å². The lowest BCUT2D eigenvalue weighted by atomic mass is 10.1. The molecule has 0 saturated carbocycles. The Morgan fingerprint density at radius 3 is 2.67 bits per heavy atom. The zero-order valence-electron chi connectivity index (χ0n) is 13.7. The number of hydrogen-bond donors (Lipinski definition) is 2. The highest BCUT2D eigenvalue weighted by molar-refractivity contribution is 5.45. The molecule has 1 atom stereocenters. The van der Waals surface area contributed by atoms with Crippen LogP contribution in [0.25, 0.3) is 5.69 Å². The number of aromatic hydroxyl groups is 1. The van der Waals surface area contributed by atoms with Crippen molar-refractivity contribution in [2.45, 2.75) is 19.5 Å². The van der Waals surface area contributed by atoms with Gasteiger partial charge in [0, 0.05) is 18.2 Å². The van der Waals surface area contributed by atoms with Crippen LogP contribution in [0.1, 0.15) is 24.1 Å². The van der Waals surface area contributed by atoms with Crippen molar-refractivity contribution in [2.24, 2.45) is 0 Å². The lowest BCUT2D eigenvalue weighted by Gasteiger charge is -2.16. The Hall–Kier alpha value is -2.86. The Balaban J connectivity index is 1.66. The van der Waals surface area contributed by atoms with Gasteiger partial charge in [-0.3, -0.25) is 0 Å². The first-order valence-electron chi connectivity index (χ1n) is 7.72. The summed E-state index contributed by atoms with van der Waals surface area (Å²) in [7, 11) is 1.55. The van der Waals surface area contributed by atoms with Crippen molar-refractivity contribution < 1.29 is 9.84 Å². The molecule has 6 nitrogen and oxygen atoms in total. The predicted molar refractivity (Wildman–Crippen MR) is 91.3 cm³/mol. The van der Waals surface area contributed by atoms with Gasteiger partial charge in [-0.2, -0.15) is 5.10 Å². The van der Waals surface area contributed by atoms with Crippen LogP contribution in [0.2, 0.25) is 0 Å². The number of phenolic OH excluding ortho intramolecular Hbond substituents is 1. The van der Waals surface area contributed by atoms with E-state index in [-0.39, 0.29) is 11.8 Å². The van der Waals surface area contributed by atoms with Gasteiger partial charge < -0.3 is 15.2 Å². The molecule has 1 aromatic heterocycles. The van der Waals surface area contributed by atoms with E-state index in [1.165, 1.54) is 6.33 Å². The number of nitrogens with one attached hydrogen (secondary N) is 1. The van der Waals surface area contributed by atoms with E-state index < -0.39 is 0 Å². The van der Waals surface area contributed by atoms with Crippen LogP contribution in [0.15, 0.2) is 55.1 Å². The minimum Gasteiger partial charge on any atom is -0.504 e.